The molecule has 0 saturated carbocycles. The van der Waals surface area contributed by atoms with Gasteiger partial charge < -0.3 is 4.74 Å². The van der Waals surface area contributed by atoms with Crippen molar-refractivity contribution in [1.29, 1.82) is 0 Å². The second-order valence-electron chi connectivity index (χ2n) is 4.33. The van der Waals surface area contributed by atoms with E-state index in [9.17, 15) is 14.0 Å². The number of carbonyl (C=O) groups excluding carboxylic acids is 2. The van der Waals surface area contributed by atoms with E-state index in [2.05, 4.69) is 0 Å². The fourth-order valence-corrected chi connectivity index (χ4v) is 1.89. The molecular weight excluding hydrogens is 247 g/mol. The van der Waals surface area contributed by atoms with Gasteiger partial charge in [-0.2, -0.15) is 0 Å². The van der Waals surface area contributed by atoms with Crippen LogP contribution in [0.5, 0.6) is 0 Å². The Hall–Kier alpha value is -1.71. The summed E-state index contributed by atoms with van der Waals surface area (Å²) in [5.41, 5.74) is 0.318. The maximum absolute atomic E-state index is 13.5. The topological polar surface area (TPSA) is 43.4 Å². The molecule has 1 aromatic rings. The van der Waals surface area contributed by atoms with Gasteiger partial charge in [-0.3, -0.25) is 9.59 Å². The van der Waals surface area contributed by atoms with Crippen LogP contribution in [0.1, 0.15) is 32.3 Å². The molecule has 1 unspecified atom stereocenters. The zero-order valence-corrected chi connectivity index (χ0v) is 11.3. The van der Waals surface area contributed by atoms with Gasteiger partial charge in [-0.1, -0.05) is 31.5 Å². The third kappa shape index (κ3) is 4.47. The highest BCUT2D eigenvalue weighted by molar-refractivity contribution is 5.99. The van der Waals surface area contributed by atoms with Crippen molar-refractivity contribution in [1.82, 2.24) is 0 Å². The van der Waals surface area contributed by atoms with E-state index in [0.29, 0.717) is 18.4 Å². The van der Waals surface area contributed by atoms with Crippen molar-refractivity contribution in [3.63, 3.8) is 0 Å². The van der Waals surface area contributed by atoms with Gasteiger partial charge in [-0.05, 0) is 25.0 Å². The molecule has 1 atom stereocenters. The van der Waals surface area contributed by atoms with E-state index >= 15 is 0 Å². The molecule has 0 N–H and O–H groups in total. The van der Waals surface area contributed by atoms with Crippen molar-refractivity contribution in [3.05, 3.63) is 35.6 Å². The van der Waals surface area contributed by atoms with E-state index < -0.39 is 17.7 Å². The van der Waals surface area contributed by atoms with Crippen LogP contribution >= 0.6 is 0 Å². The van der Waals surface area contributed by atoms with Crippen LogP contribution in [0.15, 0.2) is 24.3 Å². The number of Topliss-reactive ketones (excluding diaryl/α,β-unsaturated/α-hetero) is 1. The number of ketones is 1. The molecule has 1 aromatic carbocycles. The summed E-state index contributed by atoms with van der Waals surface area (Å²) in [6.07, 6.45) is 1.06. The molecule has 0 saturated heterocycles. The van der Waals surface area contributed by atoms with E-state index in [1.54, 1.807) is 25.1 Å². The van der Waals surface area contributed by atoms with Gasteiger partial charge in [0.15, 0.2) is 5.78 Å². The molecule has 1 rings (SSSR count). The molecule has 0 bridgehead atoms. The van der Waals surface area contributed by atoms with E-state index in [-0.39, 0.29) is 18.8 Å². The van der Waals surface area contributed by atoms with Gasteiger partial charge in [0.1, 0.15) is 11.7 Å². The number of halogens is 1. The summed E-state index contributed by atoms with van der Waals surface area (Å²) in [5, 5.41) is 0. The quantitative estimate of drug-likeness (QED) is 0.563. The standard InChI is InChI=1S/C15H19FO3/c1-3-7-12(15(18)19-4-2)14(17)10-11-8-5-6-9-13(11)16/h5-6,8-9,12H,3-4,7,10H2,1-2H3. The van der Waals surface area contributed by atoms with Crippen LogP contribution in [0.3, 0.4) is 0 Å². The second kappa shape index (κ2) is 7.67. The summed E-state index contributed by atoms with van der Waals surface area (Å²) in [4.78, 5) is 23.8. The summed E-state index contributed by atoms with van der Waals surface area (Å²) in [5.74, 6) is -2.00. The fraction of sp³-hybridized carbons (Fsp3) is 0.467. The highest BCUT2D eigenvalue weighted by Crippen LogP contribution is 2.15. The van der Waals surface area contributed by atoms with E-state index in [1.807, 2.05) is 6.92 Å². The molecule has 0 radical (unpaired) electrons. The number of ether oxygens (including phenoxy) is 1. The lowest BCUT2D eigenvalue weighted by atomic mass is 9.94. The van der Waals surface area contributed by atoms with E-state index in [1.165, 1.54) is 6.07 Å². The zero-order chi connectivity index (χ0) is 14.3. The zero-order valence-electron chi connectivity index (χ0n) is 11.3. The Labute approximate surface area is 112 Å². The third-order valence-corrected chi connectivity index (χ3v) is 2.86. The molecule has 4 heteroatoms. The highest BCUT2D eigenvalue weighted by atomic mass is 19.1. The Balaban J connectivity index is 2.77. The lowest BCUT2D eigenvalue weighted by Crippen LogP contribution is -2.27. The smallest absolute Gasteiger partial charge is 0.316 e. The van der Waals surface area contributed by atoms with Gasteiger partial charge in [-0.15, -0.1) is 0 Å². The van der Waals surface area contributed by atoms with Crippen LogP contribution in [0.4, 0.5) is 4.39 Å². The maximum Gasteiger partial charge on any atom is 0.316 e. The van der Waals surface area contributed by atoms with Crippen molar-refractivity contribution < 1.29 is 18.7 Å². The summed E-state index contributed by atoms with van der Waals surface area (Å²) in [6.45, 7) is 3.83. The first kappa shape index (κ1) is 15.3. The molecule has 0 aliphatic carbocycles. The molecule has 3 nitrogen and oxygen atoms in total. The van der Waals surface area contributed by atoms with Crippen molar-refractivity contribution in [2.75, 3.05) is 6.61 Å². The van der Waals surface area contributed by atoms with Crippen LogP contribution in [0.2, 0.25) is 0 Å². The normalized spacial score (nSPS) is 11.9. The number of hydrogen-bond donors (Lipinski definition) is 0. The average molecular weight is 266 g/mol. The Morgan fingerprint density at radius 1 is 1.26 bits per heavy atom. The van der Waals surface area contributed by atoms with Crippen molar-refractivity contribution in [2.24, 2.45) is 5.92 Å². The predicted molar refractivity (Wildman–Crippen MR) is 70.1 cm³/mol. The summed E-state index contributed by atoms with van der Waals surface area (Å²) in [7, 11) is 0. The van der Waals surface area contributed by atoms with Gasteiger partial charge >= 0.3 is 5.97 Å². The molecule has 0 fully saturated rings. The van der Waals surface area contributed by atoms with Gasteiger partial charge in [0, 0.05) is 6.42 Å². The van der Waals surface area contributed by atoms with Gasteiger partial charge in [0.05, 0.1) is 6.61 Å². The Morgan fingerprint density at radius 2 is 1.95 bits per heavy atom. The Bertz CT molecular complexity index is 443. The average Bonchev–Trinajstić information content (AvgIpc) is 2.38. The van der Waals surface area contributed by atoms with Crippen molar-refractivity contribution in [2.45, 2.75) is 33.1 Å². The number of rotatable bonds is 7. The number of benzene rings is 1. The van der Waals surface area contributed by atoms with E-state index in [0.717, 1.165) is 0 Å². The first-order valence-corrected chi connectivity index (χ1v) is 6.52. The SMILES string of the molecule is CCCC(C(=O)Cc1ccccc1F)C(=O)OCC. The summed E-state index contributed by atoms with van der Waals surface area (Å²) < 4.78 is 18.4. The Kier molecular flexibility index (Phi) is 6.19. The number of carbonyl (C=O) groups is 2. The molecule has 0 heterocycles. The largest absolute Gasteiger partial charge is 0.465 e. The minimum atomic E-state index is -0.787. The van der Waals surface area contributed by atoms with Crippen molar-refractivity contribution >= 4 is 11.8 Å². The number of hydrogen-bond acceptors (Lipinski definition) is 3. The fourth-order valence-electron chi connectivity index (χ4n) is 1.89. The highest BCUT2D eigenvalue weighted by Gasteiger charge is 2.27. The minimum Gasteiger partial charge on any atom is -0.465 e. The predicted octanol–water partition coefficient (Wildman–Crippen LogP) is 2.92. The summed E-state index contributed by atoms with van der Waals surface area (Å²) in [6, 6.07) is 6.10. The van der Waals surface area contributed by atoms with Crippen LogP contribution in [0.25, 0.3) is 0 Å². The molecule has 0 amide bonds. The third-order valence-electron chi connectivity index (χ3n) is 2.86. The lowest BCUT2D eigenvalue weighted by Gasteiger charge is -2.13. The second-order valence-corrected chi connectivity index (χ2v) is 4.33. The molecule has 0 aromatic heterocycles. The molecule has 0 aliphatic rings. The Morgan fingerprint density at radius 3 is 2.53 bits per heavy atom. The molecular formula is C15H19FO3. The lowest BCUT2D eigenvalue weighted by molar-refractivity contribution is -0.151. The van der Waals surface area contributed by atoms with Crippen LogP contribution in [-0.2, 0) is 20.7 Å². The van der Waals surface area contributed by atoms with Crippen molar-refractivity contribution in [3.8, 4) is 0 Å². The monoisotopic (exact) mass is 266 g/mol. The minimum absolute atomic E-state index is 0.0733. The van der Waals surface area contributed by atoms with Gasteiger partial charge in [0.25, 0.3) is 0 Å². The molecule has 0 aliphatic heterocycles. The summed E-state index contributed by atoms with van der Waals surface area (Å²) >= 11 is 0. The molecule has 19 heavy (non-hydrogen) atoms. The van der Waals surface area contributed by atoms with Crippen LogP contribution in [0, 0.1) is 11.7 Å². The molecule has 104 valence electrons. The van der Waals surface area contributed by atoms with Crippen LogP contribution in [-0.4, -0.2) is 18.4 Å². The van der Waals surface area contributed by atoms with E-state index in [4.69, 9.17) is 4.74 Å². The number of esters is 1. The maximum atomic E-state index is 13.5. The van der Waals surface area contributed by atoms with Crippen LogP contribution < -0.4 is 0 Å². The van der Waals surface area contributed by atoms with Gasteiger partial charge in [0.2, 0.25) is 0 Å². The molecule has 0 spiro atoms. The first-order chi connectivity index (χ1) is 9.10. The first-order valence-electron chi connectivity index (χ1n) is 6.52. The van der Waals surface area contributed by atoms with Gasteiger partial charge in [-0.25, -0.2) is 4.39 Å².